The number of benzene rings is 2. The Balaban J connectivity index is 1.79. The number of hydrogen-bond acceptors (Lipinski definition) is 5. The van der Waals surface area contributed by atoms with E-state index in [4.69, 9.17) is 9.47 Å². The van der Waals surface area contributed by atoms with Gasteiger partial charge in [0.1, 0.15) is 11.5 Å². The fourth-order valence-electron chi connectivity index (χ4n) is 3.42. The lowest BCUT2D eigenvalue weighted by molar-refractivity contribution is -0.384. The molecule has 1 saturated heterocycles. The highest BCUT2D eigenvalue weighted by Crippen LogP contribution is 2.39. The molecule has 2 aromatic carbocycles. The second kappa shape index (κ2) is 7.53. The summed E-state index contributed by atoms with van der Waals surface area (Å²) in [5.74, 6) is 1.61. The van der Waals surface area contributed by atoms with Gasteiger partial charge in [0.25, 0.3) is 5.69 Å². The average molecular weight is 342 g/mol. The standard InChI is InChI=1S/C19H22N2O4/c1-24-16-9-10-17(19(12-16)25-2)18-4-3-11-20(18)13-14-5-7-15(8-6-14)21(22)23/h5-10,12,18H,3-4,11,13H2,1-2H3. The van der Waals surface area contributed by atoms with Gasteiger partial charge < -0.3 is 9.47 Å². The van der Waals surface area contributed by atoms with Gasteiger partial charge in [0.15, 0.2) is 0 Å². The molecule has 0 aliphatic carbocycles. The van der Waals surface area contributed by atoms with E-state index in [1.165, 1.54) is 0 Å². The molecular formula is C19H22N2O4. The Hall–Kier alpha value is -2.60. The number of nitrogens with zero attached hydrogens (tertiary/aromatic N) is 2. The third-order valence-electron chi connectivity index (χ3n) is 4.70. The first-order chi connectivity index (χ1) is 12.1. The molecule has 3 rings (SSSR count). The second-order valence-electron chi connectivity index (χ2n) is 6.16. The Labute approximate surface area is 147 Å². The van der Waals surface area contributed by atoms with Gasteiger partial charge in [-0.05, 0) is 31.0 Å². The monoisotopic (exact) mass is 342 g/mol. The van der Waals surface area contributed by atoms with Gasteiger partial charge in [-0.1, -0.05) is 18.2 Å². The van der Waals surface area contributed by atoms with E-state index in [1.54, 1.807) is 26.4 Å². The molecule has 1 aliphatic rings. The third kappa shape index (κ3) is 3.74. The molecule has 1 aliphatic heterocycles. The molecule has 0 bridgehead atoms. The van der Waals surface area contributed by atoms with E-state index in [0.717, 1.165) is 48.6 Å². The van der Waals surface area contributed by atoms with Crippen LogP contribution in [-0.2, 0) is 6.54 Å². The molecule has 0 radical (unpaired) electrons. The van der Waals surface area contributed by atoms with Crippen molar-refractivity contribution in [2.75, 3.05) is 20.8 Å². The Morgan fingerprint density at radius 1 is 1.16 bits per heavy atom. The Morgan fingerprint density at radius 2 is 1.92 bits per heavy atom. The second-order valence-corrected chi connectivity index (χ2v) is 6.16. The van der Waals surface area contributed by atoms with Crippen LogP contribution in [0.25, 0.3) is 0 Å². The molecule has 25 heavy (non-hydrogen) atoms. The summed E-state index contributed by atoms with van der Waals surface area (Å²) >= 11 is 0. The van der Waals surface area contributed by atoms with Crippen LogP contribution in [0.5, 0.6) is 11.5 Å². The first-order valence-electron chi connectivity index (χ1n) is 8.31. The van der Waals surface area contributed by atoms with Crippen LogP contribution in [-0.4, -0.2) is 30.6 Å². The van der Waals surface area contributed by atoms with Gasteiger partial charge >= 0.3 is 0 Å². The minimum atomic E-state index is -0.370. The van der Waals surface area contributed by atoms with Crippen LogP contribution in [0.15, 0.2) is 42.5 Å². The smallest absolute Gasteiger partial charge is 0.269 e. The third-order valence-corrected chi connectivity index (χ3v) is 4.70. The maximum absolute atomic E-state index is 10.8. The summed E-state index contributed by atoms with van der Waals surface area (Å²) < 4.78 is 10.8. The summed E-state index contributed by atoms with van der Waals surface area (Å²) in [6.45, 7) is 1.76. The van der Waals surface area contributed by atoms with Crippen LogP contribution >= 0.6 is 0 Å². The lowest BCUT2D eigenvalue weighted by Crippen LogP contribution is -2.23. The summed E-state index contributed by atoms with van der Waals surface area (Å²) in [5.41, 5.74) is 2.35. The van der Waals surface area contributed by atoms with Gasteiger partial charge in [-0.25, -0.2) is 0 Å². The number of ether oxygens (including phenoxy) is 2. The van der Waals surface area contributed by atoms with E-state index < -0.39 is 0 Å². The Kier molecular flexibility index (Phi) is 5.19. The van der Waals surface area contributed by atoms with E-state index in [9.17, 15) is 10.1 Å². The predicted octanol–water partition coefficient (Wildman–Crippen LogP) is 3.95. The number of nitro groups is 1. The molecule has 1 unspecified atom stereocenters. The van der Waals surface area contributed by atoms with Crippen LogP contribution in [0, 0.1) is 10.1 Å². The van der Waals surface area contributed by atoms with Gasteiger partial charge in [0, 0.05) is 36.3 Å². The van der Waals surface area contributed by atoms with Crippen LogP contribution < -0.4 is 9.47 Å². The minimum Gasteiger partial charge on any atom is -0.497 e. The molecule has 0 amide bonds. The molecule has 2 aromatic rings. The summed E-state index contributed by atoms with van der Waals surface area (Å²) in [6.07, 6.45) is 2.18. The number of non-ortho nitro benzene ring substituents is 1. The summed E-state index contributed by atoms with van der Waals surface area (Å²) in [4.78, 5) is 12.8. The molecule has 132 valence electrons. The number of nitro benzene ring substituents is 1. The van der Waals surface area contributed by atoms with Crippen molar-refractivity contribution in [1.29, 1.82) is 0 Å². The zero-order valence-corrected chi connectivity index (χ0v) is 14.5. The fourth-order valence-corrected chi connectivity index (χ4v) is 3.42. The highest BCUT2D eigenvalue weighted by atomic mass is 16.6. The highest BCUT2D eigenvalue weighted by molar-refractivity contribution is 5.43. The molecule has 1 heterocycles. The van der Waals surface area contributed by atoms with Gasteiger partial charge in [0.05, 0.1) is 19.1 Å². The van der Waals surface area contributed by atoms with Crippen LogP contribution in [0.3, 0.4) is 0 Å². The maximum Gasteiger partial charge on any atom is 0.269 e. The van der Waals surface area contributed by atoms with Crippen molar-refractivity contribution in [3.63, 3.8) is 0 Å². The highest BCUT2D eigenvalue weighted by Gasteiger charge is 2.28. The van der Waals surface area contributed by atoms with Gasteiger partial charge in [-0.15, -0.1) is 0 Å². The van der Waals surface area contributed by atoms with Crippen molar-refractivity contribution in [3.05, 3.63) is 63.7 Å². The quantitative estimate of drug-likeness (QED) is 0.587. The molecule has 6 nitrogen and oxygen atoms in total. The molecule has 0 aromatic heterocycles. The van der Waals surface area contributed by atoms with Gasteiger partial charge in [-0.3, -0.25) is 15.0 Å². The normalized spacial score (nSPS) is 17.4. The van der Waals surface area contributed by atoms with Gasteiger partial charge in [-0.2, -0.15) is 0 Å². The topological polar surface area (TPSA) is 64.8 Å². The molecule has 0 spiro atoms. The summed E-state index contributed by atoms with van der Waals surface area (Å²) in [7, 11) is 3.32. The fraction of sp³-hybridized carbons (Fsp3) is 0.368. The maximum atomic E-state index is 10.8. The van der Waals surface area contributed by atoms with Crippen LogP contribution in [0.1, 0.15) is 30.0 Å². The molecule has 1 atom stereocenters. The number of methoxy groups -OCH3 is 2. The molecule has 0 saturated carbocycles. The Morgan fingerprint density at radius 3 is 2.56 bits per heavy atom. The van der Waals surface area contributed by atoms with Crippen molar-refractivity contribution in [3.8, 4) is 11.5 Å². The van der Waals surface area contributed by atoms with E-state index in [0.29, 0.717) is 0 Å². The largest absolute Gasteiger partial charge is 0.497 e. The first kappa shape index (κ1) is 17.2. The van der Waals surface area contributed by atoms with E-state index >= 15 is 0 Å². The van der Waals surface area contributed by atoms with Crippen LogP contribution in [0.4, 0.5) is 5.69 Å². The molecule has 1 fully saturated rings. The van der Waals surface area contributed by atoms with Gasteiger partial charge in [0.2, 0.25) is 0 Å². The number of likely N-dealkylation sites (tertiary alicyclic amines) is 1. The number of rotatable bonds is 6. The summed E-state index contributed by atoms with van der Waals surface area (Å²) in [5, 5.41) is 10.8. The molecular weight excluding hydrogens is 320 g/mol. The van der Waals surface area contributed by atoms with Crippen molar-refractivity contribution < 1.29 is 14.4 Å². The predicted molar refractivity (Wildman–Crippen MR) is 95.0 cm³/mol. The minimum absolute atomic E-state index is 0.124. The van der Waals surface area contributed by atoms with E-state index in [-0.39, 0.29) is 16.7 Å². The zero-order valence-electron chi connectivity index (χ0n) is 14.5. The van der Waals surface area contributed by atoms with Crippen molar-refractivity contribution in [2.24, 2.45) is 0 Å². The van der Waals surface area contributed by atoms with Crippen molar-refractivity contribution in [2.45, 2.75) is 25.4 Å². The van der Waals surface area contributed by atoms with Crippen molar-refractivity contribution in [1.82, 2.24) is 4.90 Å². The number of hydrogen-bond donors (Lipinski definition) is 0. The van der Waals surface area contributed by atoms with E-state index in [1.807, 2.05) is 24.3 Å². The zero-order chi connectivity index (χ0) is 17.8. The SMILES string of the molecule is COc1ccc(C2CCCN2Cc2ccc([N+](=O)[O-])cc2)c(OC)c1. The van der Waals surface area contributed by atoms with Crippen LogP contribution in [0.2, 0.25) is 0 Å². The Bertz CT molecular complexity index is 746. The molecule has 6 heteroatoms. The lowest BCUT2D eigenvalue weighted by atomic mass is 10.0. The van der Waals surface area contributed by atoms with Crippen molar-refractivity contribution >= 4 is 5.69 Å². The lowest BCUT2D eigenvalue weighted by Gasteiger charge is -2.26. The average Bonchev–Trinajstić information content (AvgIpc) is 3.09. The summed E-state index contributed by atoms with van der Waals surface area (Å²) in [6, 6.07) is 13.0. The van der Waals surface area contributed by atoms with E-state index in [2.05, 4.69) is 11.0 Å². The molecule has 0 N–H and O–H groups in total. The first-order valence-corrected chi connectivity index (χ1v) is 8.31.